The lowest BCUT2D eigenvalue weighted by Crippen LogP contribution is -2.46. The topological polar surface area (TPSA) is 78.2 Å². The monoisotopic (exact) mass is 259 g/mol. The van der Waals surface area contributed by atoms with Gasteiger partial charge in [0.25, 0.3) is 0 Å². The maximum absolute atomic E-state index is 11.9. The van der Waals surface area contributed by atoms with Crippen LogP contribution in [0, 0.1) is 0 Å². The Labute approximate surface area is 110 Å². The fraction of sp³-hybridized carbons (Fsp3) is 0.250. The summed E-state index contributed by atoms with van der Waals surface area (Å²) in [6, 6.07) is 3.03. The number of aromatic nitrogens is 1. The standard InChI is InChI=1S/C12H13N5O2/c1-9-8-16(12(19)17(15-9)10(2)18)14-7-11-4-3-5-13-6-11/h3-7H,8H2,1-2H3. The number of rotatable bonds is 2. The van der Waals surface area contributed by atoms with Gasteiger partial charge in [0.2, 0.25) is 5.91 Å². The quantitative estimate of drug-likeness (QED) is 0.745. The van der Waals surface area contributed by atoms with E-state index in [-0.39, 0.29) is 6.54 Å². The van der Waals surface area contributed by atoms with Gasteiger partial charge < -0.3 is 0 Å². The first kappa shape index (κ1) is 12.9. The molecule has 0 bridgehead atoms. The van der Waals surface area contributed by atoms with Gasteiger partial charge in [0.1, 0.15) is 0 Å². The molecule has 0 spiro atoms. The minimum absolute atomic E-state index is 0.263. The van der Waals surface area contributed by atoms with Gasteiger partial charge in [-0.05, 0) is 13.0 Å². The SMILES string of the molecule is CC(=O)N1N=C(C)CN(N=Cc2cccnc2)C1=O. The van der Waals surface area contributed by atoms with E-state index in [1.807, 2.05) is 6.07 Å². The van der Waals surface area contributed by atoms with Gasteiger partial charge >= 0.3 is 6.03 Å². The summed E-state index contributed by atoms with van der Waals surface area (Å²) in [6.07, 6.45) is 4.79. The molecule has 2 heterocycles. The highest BCUT2D eigenvalue weighted by molar-refractivity contribution is 6.00. The third kappa shape index (κ3) is 3.01. The molecule has 0 aromatic carbocycles. The zero-order valence-electron chi connectivity index (χ0n) is 10.6. The van der Waals surface area contributed by atoms with Crippen LogP contribution in [0.1, 0.15) is 19.4 Å². The predicted molar refractivity (Wildman–Crippen MR) is 69.6 cm³/mol. The molecule has 1 aliphatic heterocycles. The van der Waals surface area contributed by atoms with Crippen molar-refractivity contribution < 1.29 is 9.59 Å². The summed E-state index contributed by atoms with van der Waals surface area (Å²) < 4.78 is 0. The normalized spacial score (nSPS) is 15.9. The third-order valence-electron chi connectivity index (χ3n) is 2.38. The minimum atomic E-state index is -0.557. The summed E-state index contributed by atoms with van der Waals surface area (Å²) in [5.74, 6) is -0.439. The number of amides is 3. The van der Waals surface area contributed by atoms with Gasteiger partial charge in [0.15, 0.2) is 0 Å². The van der Waals surface area contributed by atoms with Gasteiger partial charge in [0, 0.05) is 24.9 Å². The molecule has 0 N–H and O–H groups in total. The van der Waals surface area contributed by atoms with Crippen molar-refractivity contribution in [2.45, 2.75) is 13.8 Å². The summed E-state index contributed by atoms with van der Waals surface area (Å²) in [5.41, 5.74) is 1.41. The lowest BCUT2D eigenvalue weighted by molar-refractivity contribution is -0.126. The molecule has 1 aromatic rings. The van der Waals surface area contributed by atoms with Crippen molar-refractivity contribution in [3.8, 4) is 0 Å². The lowest BCUT2D eigenvalue weighted by Gasteiger charge is -2.26. The summed E-state index contributed by atoms with van der Waals surface area (Å²) in [6.45, 7) is 3.28. The molecule has 0 atom stereocenters. The number of urea groups is 1. The van der Waals surface area contributed by atoms with Crippen molar-refractivity contribution in [2.75, 3.05) is 6.54 Å². The van der Waals surface area contributed by atoms with E-state index in [9.17, 15) is 9.59 Å². The van der Waals surface area contributed by atoms with E-state index in [2.05, 4.69) is 15.2 Å². The van der Waals surface area contributed by atoms with Gasteiger partial charge in [0.05, 0.1) is 18.5 Å². The second-order valence-electron chi connectivity index (χ2n) is 4.04. The van der Waals surface area contributed by atoms with Crippen molar-refractivity contribution in [2.24, 2.45) is 10.2 Å². The van der Waals surface area contributed by atoms with E-state index in [0.717, 1.165) is 10.6 Å². The number of hydrogen-bond acceptors (Lipinski definition) is 5. The van der Waals surface area contributed by atoms with Crippen LogP contribution in [0.5, 0.6) is 0 Å². The van der Waals surface area contributed by atoms with Crippen LogP contribution in [-0.2, 0) is 4.79 Å². The minimum Gasteiger partial charge on any atom is -0.273 e. The van der Waals surface area contributed by atoms with Crippen molar-refractivity contribution in [1.29, 1.82) is 0 Å². The van der Waals surface area contributed by atoms with Gasteiger partial charge in [-0.1, -0.05) is 6.07 Å². The molecular formula is C12H13N5O2. The summed E-state index contributed by atoms with van der Waals surface area (Å²) in [5, 5.41) is 9.95. The Hall–Kier alpha value is -2.57. The molecule has 1 aliphatic rings. The molecule has 19 heavy (non-hydrogen) atoms. The highest BCUT2D eigenvalue weighted by Gasteiger charge is 2.28. The highest BCUT2D eigenvalue weighted by atomic mass is 16.2. The van der Waals surface area contributed by atoms with Gasteiger partial charge in [-0.2, -0.15) is 10.2 Å². The molecule has 0 unspecified atom stereocenters. The second kappa shape index (κ2) is 5.38. The van der Waals surface area contributed by atoms with E-state index < -0.39 is 11.9 Å². The Morgan fingerprint density at radius 1 is 1.53 bits per heavy atom. The molecule has 0 aliphatic carbocycles. The van der Waals surface area contributed by atoms with Crippen LogP contribution in [-0.4, -0.2) is 45.4 Å². The van der Waals surface area contributed by atoms with Gasteiger partial charge in [-0.3, -0.25) is 9.78 Å². The van der Waals surface area contributed by atoms with Crippen molar-refractivity contribution >= 4 is 23.9 Å². The number of carbonyl (C=O) groups excluding carboxylic acids is 2. The molecule has 7 nitrogen and oxygen atoms in total. The first-order valence-corrected chi connectivity index (χ1v) is 5.68. The first-order chi connectivity index (χ1) is 9.08. The number of hydrogen-bond donors (Lipinski definition) is 0. The molecule has 3 amide bonds. The first-order valence-electron chi connectivity index (χ1n) is 5.68. The van der Waals surface area contributed by atoms with Crippen LogP contribution in [0.2, 0.25) is 0 Å². The molecule has 0 saturated heterocycles. The lowest BCUT2D eigenvalue weighted by atomic mass is 10.3. The summed E-state index contributed by atoms with van der Waals surface area (Å²) >= 11 is 0. The van der Waals surface area contributed by atoms with Gasteiger partial charge in [-0.15, -0.1) is 5.01 Å². The third-order valence-corrected chi connectivity index (χ3v) is 2.38. The second-order valence-corrected chi connectivity index (χ2v) is 4.04. The van der Waals surface area contributed by atoms with E-state index in [0.29, 0.717) is 5.71 Å². The molecule has 98 valence electrons. The molecule has 0 fully saturated rings. The molecule has 0 radical (unpaired) electrons. The molecule has 1 aromatic heterocycles. The number of pyridine rings is 1. The Kier molecular flexibility index (Phi) is 3.65. The smallest absolute Gasteiger partial charge is 0.273 e. The van der Waals surface area contributed by atoms with E-state index in [4.69, 9.17) is 0 Å². The van der Waals surface area contributed by atoms with Crippen LogP contribution >= 0.6 is 0 Å². The zero-order chi connectivity index (χ0) is 13.8. The molecular weight excluding hydrogens is 246 g/mol. The molecule has 7 heteroatoms. The molecule has 2 rings (SSSR count). The number of carbonyl (C=O) groups is 2. The maximum Gasteiger partial charge on any atom is 0.368 e. The highest BCUT2D eigenvalue weighted by Crippen LogP contribution is 2.09. The van der Waals surface area contributed by atoms with Crippen molar-refractivity contribution in [3.63, 3.8) is 0 Å². The van der Waals surface area contributed by atoms with Crippen molar-refractivity contribution in [3.05, 3.63) is 30.1 Å². The van der Waals surface area contributed by atoms with Crippen molar-refractivity contribution in [1.82, 2.24) is 15.0 Å². The number of hydrazone groups is 2. The largest absolute Gasteiger partial charge is 0.368 e. The Bertz CT molecular complexity index is 552. The Morgan fingerprint density at radius 2 is 2.32 bits per heavy atom. The van der Waals surface area contributed by atoms with Crippen LogP contribution in [0.4, 0.5) is 4.79 Å². The maximum atomic E-state index is 11.9. The zero-order valence-corrected chi connectivity index (χ0v) is 10.6. The Balaban J connectivity index is 2.17. The predicted octanol–water partition coefficient (Wildman–Crippen LogP) is 1.08. The summed E-state index contributed by atoms with van der Waals surface area (Å²) in [7, 11) is 0. The molecule has 0 saturated carbocycles. The number of nitrogens with zero attached hydrogens (tertiary/aromatic N) is 5. The Morgan fingerprint density at radius 3 is 2.95 bits per heavy atom. The fourth-order valence-electron chi connectivity index (χ4n) is 1.52. The average molecular weight is 259 g/mol. The fourth-order valence-corrected chi connectivity index (χ4v) is 1.52. The van der Waals surface area contributed by atoms with Crippen LogP contribution in [0.25, 0.3) is 0 Å². The average Bonchev–Trinajstić information content (AvgIpc) is 2.40. The van der Waals surface area contributed by atoms with Crippen LogP contribution < -0.4 is 0 Å². The number of imide groups is 1. The van der Waals surface area contributed by atoms with E-state index >= 15 is 0 Å². The van der Waals surface area contributed by atoms with Crippen LogP contribution in [0.3, 0.4) is 0 Å². The van der Waals surface area contributed by atoms with Crippen LogP contribution in [0.15, 0.2) is 34.7 Å². The summed E-state index contributed by atoms with van der Waals surface area (Å²) in [4.78, 5) is 27.2. The van der Waals surface area contributed by atoms with E-state index in [1.165, 1.54) is 18.1 Å². The van der Waals surface area contributed by atoms with E-state index in [1.54, 1.807) is 25.4 Å². The van der Waals surface area contributed by atoms with Gasteiger partial charge in [-0.25, -0.2) is 9.80 Å².